The first-order valence-electron chi connectivity index (χ1n) is 9.24. The monoisotopic (exact) mass is 384 g/mol. The Bertz CT molecular complexity index is 821. The molecule has 0 spiro atoms. The molecule has 27 heavy (non-hydrogen) atoms. The zero-order chi connectivity index (χ0) is 19.1. The van der Waals surface area contributed by atoms with E-state index in [-0.39, 0.29) is 5.91 Å². The van der Waals surface area contributed by atoms with Crippen LogP contribution in [-0.4, -0.2) is 38.0 Å². The lowest BCUT2D eigenvalue weighted by atomic mass is 9.88. The molecule has 0 aromatic heterocycles. The average molecular weight is 385 g/mol. The molecule has 6 heteroatoms. The van der Waals surface area contributed by atoms with Gasteiger partial charge in [-0.05, 0) is 42.5 Å². The molecule has 1 aliphatic rings. The van der Waals surface area contributed by atoms with Crippen molar-refractivity contribution in [3.63, 3.8) is 0 Å². The molecular formula is C21H25ClN4O. The predicted octanol–water partition coefficient (Wildman–Crippen LogP) is 2.79. The number of guanidine groups is 1. The number of fused-ring (bicyclic) bond motifs is 1. The average Bonchev–Trinajstić information content (AvgIpc) is 2.70. The fraction of sp³-hybridized carbons (Fsp3) is 0.333. The highest BCUT2D eigenvalue weighted by molar-refractivity contribution is 6.33. The largest absolute Gasteiger partial charge is 0.355 e. The number of halogens is 1. The Hall–Kier alpha value is -2.53. The Balaban J connectivity index is 1.42. The van der Waals surface area contributed by atoms with Crippen molar-refractivity contribution in [3.8, 4) is 0 Å². The van der Waals surface area contributed by atoms with E-state index in [0.29, 0.717) is 29.7 Å². The zero-order valence-electron chi connectivity index (χ0n) is 15.5. The lowest BCUT2D eigenvalue weighted by Gasteiger charge is -2.27. The van der Waals surface area contributed by atoms with Gasteiger partial charge in [0.1, 0.15) is 0 Å². The smallest absolute Gasteiger partial charge is 0.252 e. The first kappa shape index (κ1) is 19.2. The van der Waals surface area contributed by atoms with Crippen LogP contribution in [0.3, 0.4) is 0 Å². The Kier molecular flexibility index (Phi) is 6.71. The summed E-state index contributed by atoms with van der Waals surface area (Å²) in [6, 6.07) is 16.0. The fourth-order valence-electron chi connectivity index (χ4n) is 3.31. The number of hydrogen-bond donors (Lipinski definition) is 3. The van der Waals surface area contributed by atoms with Gasteiger partial charge in [0.2, 0.25) is 0 Å². The van der Waals surface area contributed by atoms with Crippen molar-refractivity contribution in [2.24, 2.45) is 4.99 Å². The molecule has 3 N–H and O–H groups in total. The fourth-order valence-corrected chi connectivity index (χ4v) is 3.53. The Morgan fingerprint density at radius 1 is 1.07 bits per heavy atom. The SMILES string of the molecule is CN=C(NCCNC(=O)c1ccccc1Cl)NC1CCc2ccccc2C1. The van der Waals surface area contributed by atoms with Crippen molar-refractivity contribution in [1.29, 1.82) is 0 Å². The van der Waals surface area contributed by atoms with Crippen molar-refractivity contribution in [3.05, 3.63) is 70.2 Å². The zero-order valence-corrected chi connectivity index (χ0v) is 16.2. The van der Waals surface area contributed by atoms with Crippen molar-refractivity contribution in [1.82, 2.24) is 16.0 Å². The van der Waals surface area contributed by atoms with Gasteiger partial charge in [-0.1, -0.05) is 48.0 Å². The third kappa shape index (κ3) is 5.23. The van der Waals surface area contributed by atoms with E-state index in [1.54, 1.807) is 31.3 Å². The highest BCUT2D eigenvalue weighted by Gasteiger charge is 2.18. The van der Waals surface area contributed by atoms with Crippen LogP contribution < -0.4 is 16.0 Å². The third-order valence-electron chi connectivity index (χ3n) is 4.73. The number of nitrogens with zero attached hydrogens (tertiary/aromatic N) is 1. The van der Waals surface area contributed by atoms with Gasteiger partial charge < -0.3 is 16.0 Å². The van der Waals surface area contributed by atoms with E-state index in [1.165, 1.54) is 11.1 Å². The van der Waals surface area contributed by atoms with Gasteiger partial charge in [-0.2, -0.15) is 0 Å². The van der Waals surface area contributed by atoms with Crippen LogP contribution in [0.4, 0.5) is 0 Å². The number of amides is 1. The highest BCUT2D eigenvalue weighted by atomic mass is 35.5. The third-order valence-corrected chi connectivity index (χ3v) is 5.06. The van der Waals surface area contributed by atoms with Gasteiger partial charge in [-0.3, -0.25) is 9.79 Å². The number of rotatable bonds is 5. The number of aryl methyl sites for hydroxylation is 1. The number of carbonyl (C=O) groups is 1. The Morgan fingerprint density at radius 3 is 2.56 bits per heavy atom. The van der Waals surface area contributed by atoms with Crippen LogP contribution in [0.15, 0.2) is 53.5 Å². The summed E-state index contributed by atoms with van der Waals surface area (Å²) in [6.45, 7) is 1.07. The van der Waals surface area contributed by atoms with Gasteiger partial charge in [-0.15, -0.1) is 0 Å². The minimum absolute atomic E-state index is 0.172. The molecule has 5 nitrogen and oxygen atoms in total. The quantitative estimate of drug-likeness (QED) is 0.422. The maximum atomic E-state index is 12.1. The summed E-state index contributed by atoms with van der Waals surface area (Å²) < 4.78 is 0. The second kappa shape index (κ2) is 9.42. The highest BCUT2D eigenvalue weighted by Crippen LogP contribution is 2.20. The lowest BCUT2D eigenvalue weighted by Crippen LogP contribution is -2.47. The molecule has 3 rings (SSSR count). The first-order valence-corrected chi connectivity index (χ1v) is 9.62. The van der Waals surface area contributed by atoms with E-state index in [9.17, 15) is 4.79 Å². The topological polar surface area (TPSA) is 65.5 Å². The van der Waals surface area contributed by atoms with Crippen molar-refractivity contribution < 1.29 is 4.79 Å². The molecule has 0 aliphatic heterocycles. The summed E-state index contributed by atoms with van der Waals surface area (Å²) in [5, 5.41) is 10.1. The van der Waals surface area contributed by atoms with Crippen LogP contribution in [-0.2, 0) is 12.8 Å². The number of aliphatic imine (C=N–C) groups is 1. The molecule has 1 unspecified atom stereocenters. The summed E-state index contributed by atoms with van der Waals surface area (Å²) in [4.78, 5) is 16.4. The summed E-state index contributed by atoms with van der Waals surface area (Å²) in [7, 11) is 1.76. The van der Waals surface area contributed by atoms with E-state index in [0.717, 1.165) is 25.2 Å². The second-order valence-electron chi connectivity index (χ2n) is 6.59. The molecule has 1 aliphatic carbocycles. The molecule has 1 atom stereocenters. The Morgan fingerprint density at radius 2 is 1.78 bits per heavy atom. The van der Waals surface area contributed by atoms with Crippen molar-refractivity contribution in [2.45, 2.75) is 25.3 Å². The van der Waals surface area contributed by atoms with E-state index in [2.05, 4.69) is 45.2 Å². The van der Waals surface area contributed by atoms with Gasteiger partial charge in [0.05, 0.1) is 10.6 Å². The summed E-state index contributed by atoms with van der Waals surface area (Å²) >= 11 is 6.04. The summed E-state index contributed by atoms with van der Waals surface area (Å²) in [5.74, 6) is 0.584. The van der Waals surface area contributed by atoms with Crippen LogP contribution in [0.5, 0.6) is 0 Å². The maximum absolute atomic E-state index is 12.1. The molecule has 2 aromatic rings. The van der Waals surface area contributed by atoms with Crippen LogP contribution in [0.2, 0.25) is 5.02 Å². The molecule has 0 bridgehead atoms. The standard InChI is InChI=1S/C21H25ClN4O/c1-23-21(26-17-11-10-15-6-2-3-7-16(15)14-17)25-13-12-24-20(27)18-8-4-5-9-19(18)22/h2-9,17H,10-14H2,1H3,(H,24,27)(H2,23,25,26). The Labute approximate surface area is 165 Å². The number of nitrogens with one attached hydrogen (secondary N) is 3. The summed E-state index contributed by atoms with van der Waals surface area (Å²) in [6.07, 6.45) is 3.17. The minimum Gasteiger partial charge on any atom is -0.355 e. The number of carbonyl (C=O) groups excluding carboxylic acids is 1. The van der Waals surface area contributed by atoms with Gasteiger partial charge in [0.15, 0.2) is 5.96 Å². The number of benzene rings is 2. The molecule has 1 amide bonds. The molecule has 0 heterocycles. The van der Waals surface area contributed by atoms with Crippen LogP contribution >= 0.6 is 11.6 Å². The summed E-state index contributed by atoms with van der Waals surface area (Å²) in [5.41, 5.74) is 3.34. The lowest BCUT2D eigenvalue weighted by molar-refractivity contribution is 0.0954. The van der Waals surface area contributed by atoms with Crippen molar-refractivity contribution in [2.75, 3.05) is 20.1 Å². The van der Waals surface area contributed by atoms with Gasteiger partial charge in [0, 0.05) is 26.2 Å². The molecule has 0 saturated heterocycles. The first-order chi connectivity index (χ1) is 13.2. The van der Waals surface area contributed by atoms with E-state index >= 15 is 0 Å². The molecule has 0 fully saturated rings. The number of hydrogen-bond acceptors (Lipinski definition) is 2. The van der Waals surface area contributed by atoms with Gasteiger partial charge in [-0.25, -0.2) is 0 Å². The maximum Gasteiger partial charge on any atom is 0.252 e. The van der Waals surface area contributed by atoms with Crippen LogP contribution in [0, 0.1) is 0 Å². The minimum atomic E-state index is -0.172. The van der Waals surface area contributed by atoms with Crippen LogP contribution in [0.25, 0.3) is 0 Å². The van der Waals surface area contributed by atoms with Gasteiger partial charge >= 0.3 is 0 Å². The molecule has 2 aromatic carbocycles. The van der Waals surface area contributed by atoms with E-state index in [4.69, 9.17) is 11.6 Å². The molecule has 0 radical (unpaired) electrons. The van der Waals surface area contributed by atoms with E-state index < -0.39 is 0 Å². The molecule has 0 saturated carbocycles. The second-order valence-corrected chi connectivity index (χ2v) is 6.99. The van der Waals surface area contributed by atoms with Crippen LogP contribution in [0.1, 0.15) is 27.9 Å². The molecule has 142 valence electrons. The molecular weight excluding hydrogens is 360 g/mol. The normalized spacial score (nSPS) is 16.4. The van der Waals surface area contributed by atoms with E-state index in [1.807, 2.05) is 0 Å². The predicted molar refractivity (Wildman–Crippen MR) is 111 cm³/mol. The van der Waals surface area contributed by atoms with Gasteiger partial charge in [0.25, 0.3) is 5.91 Å². The van der Waals surface area contributed by atoms with Crippen molar-refractivity contribution >= 4 is 23.5 Å².